The number of rotatable bonds is 3. The molecule has 6 nitrogen and oxygen atoms in total. The molecule has 0 spiro atoms. The fraction of sp³-hybridized carbons (Fsp3) is 0.150. The number of hydrogen-bond acceptors (Lipinski definition) is 6. The fourth-order valence-corrected chi connectivity index (χ4v) is 3.45. The van der Waals surface area contributed by atoms with Crippen LogP contribution < -0.4 is 14.2 Å². The Hall–Kier alpha value is -3.41. The van der Waals surface area contributed by atoms with E-state index < -0.39 is 5.97 Å². The molecule has 0 aliphatic heterocycles. The maximum Gasteiger partial charge on any atom is 0.308 e. The van der Waals surface area contributed by atoms with Crippen molar-refractivity contribution in [1.29, 1.82) is 0 Å². The van der Waals surface area contributed by atoms with E-state index in [1.807, 2.05) is 12.1 Å². The molecule has 1 aliphatic carbocycles. The Balaban J connectivity index is 2.26. The molecule has 0 saturated heterocycles. The summed E-state index contributed by atoms with van der Waals surface area (Å²) in [5, 5.41) is 1.26. The van der Waals surface area contributed by atoms with Crippen molar-refractivity contribution in [2.24, 2.45) is 0 Å². The van der Waals surface area contributed by atoms with Gasteiger partial charge in [0.05, 0.1) is 14.2 Å². The molecule has 0 radical (unpaired) electrons. The number of benzene rings is 2. The summed E-state index contributed by atoms with van der Waals surface area (Å²) in [5.74, 6) is 0.183. The highest BCUT2D eigenvalue weighted by molar-refractivity contribution is 6.27. The Morgan fingerprint density at radius 1 is 0.962 bits per heavy atom. The van der Waals surface area contributed by atoms with Gasteiger partial charge in [-0.05, 0) is 11.6 Å². The van der Waals surface area contributed by atoms with Crippen LogP contribution in [0.25, 0.3) is 21.9 Å². The van der Waals surface area contributed by atoms with E-state index in [0.29, 0.717) is 44.7 Å². The first kappa shape index (κ1) is 16.1. The van der Waals surface area contributed by atoms with E-state index in [1.54, 1.807) is 24.4 Å². The van der Waals surface area contributed by atoms with Crippen molar-refractivity contribution in [3.8, 4) is 28.4 Å². The minimum atomic E-state index is -0.498. The number of ketones is 1. The van der Waals surface area contributed by atoms with Gasteiger partial charge in [0.25, 0.3) is 0 Å². The quantitative estimate of drug-likeness (QED) is 0.417. The summed E-state index contributed by atoms with van der Waals surface area (Å²) >= 11 is 0. The van der Waals surface area contributed by atoms with Gasteiger partial charge in [0, 0.05) is 35.0 Å². The highest BCUT2D eigenvalue weighted by atomic mass is 16.6. The van der Waals surface area contributed by atoms with Crippen molar-refractivity contribution in [2.45, 2.75) is 6.92 Å². The number of aromatic nitrogens is 1. The number of hydrogen-bond donors (Lipinski definition) is 0. The lowest BCUT2D eigenvalue weighted by molar-refractivity contribution is -0.132. The van der Waals surface area contributed by atoms with E-state index in [4.69, 9.17) is 14.2 Å². The number of esters is 1. The highest BCUT2D eigenvalue weighted by Gasteiger charge is 2.33. The number of carbonyl (C=O) groups is 2. The largest absolute Gasteiger partial charge is 0.492 e. The van der Waals surface area contributed by atoms with E-state index in [1.165, 1.54) is 21.1 Å². The van der Waals surface area contributed by atoms with Crippen LogP contribution in [-0.2, 0) is 4.79 Å². The van der Waals surface area contributed by atoms with Crippen molar-refractivity contribution in [3.05, 3.63) is 47.8 Å². The molecule has 1 aromatic heterocycles. The lowest BCUT2D eigenvalue weighted by atomic mass is 9.84. The van der Waals surface area contributed by atoms with E-state index in [-0.39, 0.29) is 11.5 Å². The summed E-state index contributed by atoms with van der Waals surface area (Å²) in [4.78, 5) is 28.9. The summed E-state index contributed by atoms with van der Waals surface area (Å²) in [6.07, 6.45) is 1.54. The molecule has 0 fully saturated rings. The third kappa shape index (κ3) is 2.08. The van der Waals surface area contributed by atoms with Crippen LogP contribution in [0, 0.1) is 0 Å². The van der Waals surface area contributed by atoms with Gasteiger partial charge in [-0.3, -0.25) is 14.6 Å². The first-order valence-electron chi connectivity index (χ1n) is 7.97. The summed E-state index contributed by atoms with van der Waals surface area (Å²) in [6, 6.07) is 8.95. The third-order valence-corrected chi connectivity index (χ3v) is 4.40. The molecule has 26 heavy (non-hydrogen) atoms. The Morgan fingerprint density at radius 2 is 1.65 bits per heavy atom. The molecule has 6 heteroatoms. The van der Waals surface area contributed by atoms with Gasteiger partial charge in [0.15, 0.2) is 11.5 Å². The molecule has 0 atom stereocenters. The number of carbonyl (C=O) groups excluding carboxylic acids is 2. The lowest BCUT2D eigenvalue weighted by Gasteiger charge is -2.24. The van der Waals surface area contributed by atoms with Crippen LogP contribution in [-0.4, -0.2) is 31.0 Å². The van der Waals surface area contributed by atoms with E-state index in [0.717, 1.165) is 0 Å². The Morgan fingerprint density at radius 3 is 2.31 bits per heavy atom. The second-order valence-corrected chi connectivity index (χ2v) is 5.82. The molecule has 1 heterocycles. The molecular weight excluding hydrogens is 334 g/mol. The molecule has 3 aromatic rings. The zero-order valence-corrected chi connectivity index (χ0v) is 14.5. The maximum absolute atomic E-state index is 12.9. The Kier molecular flexibility index (Phi) is 3.61. The van der Waals surface area contributed by atoms with E-state index in [2.05, 4.69) is 4.98 Å². The van der Waals surface area contributed by atoms with Gasteiger partial charge >= 0.3 is 5.97 Å². The second-order valence-electron chi connectivity index (χ2n) is 5.82. The minimum absolute atomic E-state index is 0.164. The van der Waals surface area contributed by atoms with Crippen molar-refractivity contribution in [3.63, 3.8) is 0 Å². The van der Waals surface area contributed by atoms with Crippen LogP contribution in [0.1, 0.15) is 23.0 Å². The van der Waals surface area contributed by atoms with Crippen LogP contribution in [0.2, 0.25) is 0 Å². The van der Waals surface area contributed by atoms with Crippen LogP contribution in [0.4, 0.5) is 0 Å². The summed E-state index contributed by atoms with van der Waals surface area (Å²) in [5.41, 5.74) is 2.22. The summed E-state index contributed by atoms with van der Waals surface area (Å²) in [7, 11) is 2.96. The first-order valence-corrected chi connectivity index (χ1v) is 7.97. The second kappa shape index (κ2) is 5.84. The number of ether oxygens (including phenoxy) is 3. The Labute approximate surface area is 149 Å². The van der Waals surface area contributed by atoms with Gasteiger partial charge in [0.2, 0.25) is 11.5 Å². The van der Waals surface area contributed by atoms with Gasteiger partial charge in [-0.1, -0.05) is 24.3 Å². The lowest BCUT2D eigenvalue weighted by Crippen LogP contribution is -2.14. The monoisotopic (exact) mass is 349 g/mol. The smallest absolute Gasteiger partial charge is 0.308 e. The average Bonchev–Trinajstić information content (AvgIpc) is 2.65. The summed E-state index contributed by atoms with van der Waals surface area (Å²) < 4.78 is 16.5. The number of pyridine rings is 1. The van der Waals surface area contributed by atoms with Crippen molar-refractivity contribution in [1.82, 2.24) is 4.98 Å². The molecule has 0 amide bonds. The molecule has 1 aliphatic rings. The SMILES string of the molecule is COc1c(OC(C)=O)c(OC)c2ccnc3c2c1-c1ccccc1C3=O. The van der Waals surface area contributed by atoms with Gasteiger partial charge < -0.3 is 14.2 Å². The predicted octanol–water partition coefficient (Wildman–Crippen LogP) is 3.39. The topological polar surface area (TPSA) is 74.7 Å². The standard InChI is InChI=1S/C20H15NO5/c1-10(22)26-20-18(24-2)13-8-9-21-16-14(13)15(19(20)25-3)11-6-4-5-7-12(11)17(16)23/h4-9H,1-3H3. The molecular formula is C20H15NO5. The molecule has 0 saturated carbocycles. The van der Waals surface area contributed by atoms with Crippen LogP contribution in [0.3, 0.4) is 0 Å². The average molecular weight is 349 g/mol. The first-order chi connectivity index (χ1) is 12.6. The molecule has 0 N–H and O–H groups in total. The van der Waals surface area contributed by atoms with Gasteiger partial charge in [-0.25, -0.2) is 0 Å². The summed E-state index contributed by atoms with van der Waals surface area (Å²) in [6.45, 7) is 1.31. The number of methoxy groups -OCH3 is 2. The number of fused-ring (bicyclic) bond motifs is 2. The van der Waals surface area contributed by atoms with Crippen LogP contribution in [0.15, 0.2) is 36.5 Å². The van der Waals surface area contributed by atoms with Gasteiger partial charge in [-0.15, -0.1) is 0 Å². The molecule has 4 rings (SSSR count). The van der Waals surface area contributed by atoms with Crippen molar-refractivity contribution in [2.75, 3.05) is 14.2 Å². The number of nitrogens with zero attached hydrogens (tertiary/aromatic N) is 1. The minimum Gasteiger partial charge on any atom is -0.492 e. The zero-order chi connectivity index (χ0) is 18.4. The third-order valence-electron chi connectivity index (χ3n) is 4.40. The predicted molar refractivity (Wildman–Crippen MR) is 95.0 cm³/mol. The van der Waals surface area contributed by atoms with E-state index >= 15 is 0 Å². The fourth-order valence-electron chi connectivity index (χ4n) is 3.45. The molecule has 0 unspecified atom stereocenters. The van der Waals surface area contributed by atoms with Gasteiger partial charge in [0.1, 0.15) is 5.69 Å². The molecule has 130 valence electrons. The Bertz CT molecular complexity index is 1090. The molecule has 2 aromatic carbocycles. The maximum atomic E-state index is 12.9. The van der Waals surface area contributed by atoms with Crippen molar-refractivity contribution >= 4 is 22.5 Å². The highest BCUT2D eigenvalue weighted by Crippen LogP contribution is 2.53. The van der Waals surface area contributed by atoms with Gasteiger partial charge in [-0.2, -0.15) is 0 Å². The zero-order valence-electron chi connectivity index (χ0n) is 14.5. The van der Waals surface area contributed by atoms with Crippen LogP contribution >= 0.6 is 0 Å². The van der Waals surface area contributed by atoms with Crippen molar-refractivity contribution < 1.29 is 23.8 Å². The molecule has 0 bridgehead atoms. The normalized spacial score (nSPS) is 11.9. The van der Waals surface area contributed by atoms with E-state index in [9.17, 15) is 9.59 Å². The van der Waals surface area contributed by atoms with Crippen LogP contribution in [0.5, 0.6) is 17.2 Å².